The molecule has 4 rings (SSSR count). The van der Waals surface area contributed by atoms with Gasteiger partial charge in [0, 0.05) is 56.6 Å². The zero-order chi connectivity index (χ0) is 32.1. The standard InChI is InChI=1S/C27H37N5O9S3/c1-42(33,34)40-25-19-32(15-21-11-7-4-8-12-21)18-24(25)26(41-43(2,35)36)27(44(37,38)39)23-17-31(16-22(23)13-29-30-28)14-20-9-5-3-6-10-20/h3-12,22-27H,13-19H2,1-2H3,(H,37,38,39). The number of benzene rings is 2. The second-order valence-corrected chi connectivity index (χ2v) is 16.2. The fourth-order valence-electron chi connectivity index (χ4n) is 6.36. The molecular weight excluding hydrogens is 635 g/mol. The smallest absolute Gasteiger partial charge is 0.270 e. The van der Waals surface area contributed by atoms with Gasteiger partial charge in [0.1, 0.15) is 11.4 Å². The Morgan fingerprint density at radius 2 is 1.36 bits per heavy atom. The van der Waals surface area contributed by atoms with Gasteiger partial charge in [-0.25, -0.2) is 0 Å². The Balaban J connectivity index is 1.75. The van der Waals surface area contributed by atoms with Crippen LogP contribution in [0.4, 0.5) is 0 Å². The van der Waals surface area contributed by atoms with Gasteiger partial charge in [-0.1, -0.05) is 65.8 Å². The zero-order valence-electron chi connectivity index (χ0n) is 24.4. The Hall–Kier alpha value is -2.60. The number of rotatable bonds is 14. The van der Waals surface area contributed by atoms with Crippen molar-refractivity contribution in [1.29, 1.82) is 0 Å². The predicted molar refractivity (Wildman–Crippen MR) is 163 cm³/mol. The van der Waals surface area contributed by atoms with E-state index in [4.69, 9.17) is 13.9 Å². The summed E-state index contributed by atoms with van der Waals surface area (Å²) in [6.07, 6.45) is -1.28. The largest absolute Gasteiger partial charge is 0.298 e. The summed E-state index contributed by atoms with van der Waals surface area (Å²) in [5.41, 5.74) is 10.9. The highest BCUT2D eigenvalue weighted by Gasteiger charge is 2.54. The molecule has 2 aliphatic heterocycles. The Labute approximate surface area is 258 Å². The van der Waals surface area contributed by atoms with Crippen LogP contribution in [0.5, 0.6) is 0 Å². The van der Waals surface area contributed by atoms with E-state index in [1.807, 2.05) is 70.5 Å². The Bertz CT molecular complexity index is 1640. The molecular formula is C27H37N5O9S3. The molecule has 0 bridgehead atoms. The van der Waals surface area contributed by atoms with Crippen LogP contribution in [0, 0.1) is 17.8 Å². The second-order valence-electron chi connectivity index (χ2n) is 11.4. The van der Waals surface area contributed by atoms with Gasteiger partial charge in [-0.15, -0.1) is 0 Å². The molecule has 2 aromatic rings. The zero-order valence-corrected chi connectivity index (χ0v) is 26.8. The molecule has 6 atom stereocenters. The van der Waals surface area contributed by atoms with Crippen molar-refractivity contribution >= 4 is 30.4 Å². The summed E-state index contributed by atoms with van der Waals surface area (Å²) in [4.78, 5) is 6.58. The van der Waals surface area contributed by atoms with Gasteiger partial charge in [-0.3, -0.25) is 22.7 Å². The molecule has 0 saturated carbocycles. The molecule has 2 heterocycles. The molecule has 44 heavy (non-hydrogen) atoms. The highest BCUT2D eigenvalue weighted by Crippen LogP contribution is 2.39. The Kier molecular flexibility index (Phi) is 11.1. The van der Waals surface area contributed by atoms with Gasteiger partial charge in [0.05, 0.1) is 18.6 Å². The lowest BCUT2D eigenvalue weighted by Crippen LogP contribution is -2.52. The Morgan fingerprint density at radius 1 is 0.841 bits per heavy atom. The predicted octanol–water partition coefficient (Wildman–Crippen LogP) is 2.12. The van der Waals surface area contributed by atoms with Crippen molar-refractivity contribution in [2.75, 3.05) is 45.2 Å². The van der Waals surface area contributed by atoms with Crippen molar-refractivity contribution in [2.45, 2.75) is 30.5 Å². The van der Waals surface area contributed by atoms with Crippen molar-refractivity contribution in [1.82, 2.24) is 9.80 Å². The van der Waals surface area contributed by atoms with Gasteiger partial charge < -0.3 is 0 Å². The average molecular weight is 672 g/mol. The van der Waals surface area contributed by atoms with Crippen LogP contribution in [-0.4, -0.2) is 102 Å². The molecule has 0 spiro atoms. The maximum Gasteiger partial charge on any atom is 0.270 e. The van der Waals surface area contributed by atoms with E-state index in [1.54, 1.807) is 0 Å². The van der Waals surface area contributed by atoms with Crippen LogP contribution >= 0.6 is 0 Å². The first kappa shape index (κ1) is 34.3. The molecule has 2 aliphatic rings. The molecule has 17 heteroatoms. The third-order valence-electron chi connectivity index (χ3n) is 7.93. The van der Waals surface area contributed by atoms with Gasteiger partial charge in [0.25, 0.3) is 30.4 Å². The van der Waals surface area contributed by atoms with Gasteiger partial charge in [0.2, 0.25) is 0 Å². The van der Waals surface area contributed by atoms with Crippen molar-refractivity contribution in [3.05, 3.63) is 82.2 Å². The maximum absolute atomic E-state index is 13.2. The van der Waals surface area contributed by atoms with Crippen LogP contribution in [0.25, 0.3) is 10.4 Å². The van der Waals surface area contributed by atoms with E-state index in [2.05, 4.69) is 10.0 Å². The summed E-state index contributed by atoms with van der Waals surface area (Å²) in [6.45, 7) is 1.10. The first-order valence-corrected chi connectivity index (χ1v) is 19.0. The number of hydrogen-bond donors (Lipinski definition) is 1. The molecule has 6 unspecified atom stereocenters. The van der Waals surface area contributed by atoms with Crippen molar-refractivity contribution in [2.24, 2.45) is 22.9 Å². The molecule has 242 valence electrons. The number of hydrogen-bond acceptors (Lipinski definition) is 11. The van der Waals surface area contributed by atoms with Crippen LogP contribution in [0.15, 0.2) is 65.8 Å². The average Bonchev–Trinajstić information content (AvgIpc) is 3.48. The summed E-state index contributed by atoms with van der Waals surface area (Å²) < 4.78 is 97.9. The van der Waals surface area contributed by atoms with Crippen LogP contribution in [0.2, 0.25) is 0 Å². The lowest BCUT2D eigenvalue weighted by Gasteiger charge is -2.35. The van der Waals surface area contributed by atoms with E-state index in [0.29, 0.717) is 19.6 Å². The van der Waals surface area contributed by atoms with Gasteiger partial charge in [-0.2, -0.15) is 25.3 Å². The molecule has 0 aromatic heterocycles. The minimum atomic E-state index is -5.03. The first-order valence-electron chi connectivity index (χ1n) is 13.9. The SMILES string of the molecule is CS(=O)(=O)OC1CN(Cc2ccccc2)CC1C(OS(C)(=O)=O)C(C1CN(Cc2ccccc2)CC1CN=[N+]=[N-])S(=O)(=O)O. The van der Waals surface area contributed by atoms with Crippen LogP contribution in [0.3, 0.4) is 0 Å². The van der Waals surface area contributed by atoms with E-state index in [9.17, 15) is 29.8 Å². The Morgan fingerprint density at radius 3 is 1.84 bits per heavy atom. The summed E-state index contributed by atoms with van der Waals surface area (Å²) in [5.74, 6) is -2.63. The summed E-state index contributed by atoms with van der Waals surface area (Å²) in [7, 11) is -13.4. The third kappa shape index (κ3) is 9.70. The molecule has 0 amide bonds. The number of nitrogens with zero attached hydrogens (tertiary/aromatic N) is 5. The molecule has 2 fully saturated rings. The lowest BCUT2D eigenvalue weighted by atomic mass is 9.85. The number of azide groups is 1. The van der Waals surface area contributed by atoms with Gasteiger partial charge >= 0.3 is 0 Å². The van der Waals surface area contributed by atoms with Crippen molar-refractivity contribution in [3.63, 3.8) is 0 Å². The molecule has 0 radical (unpaired) electrons. The molecule has 0 aliphatic carbocycles. The normalized spacial score (nSPS) is 25.0. The summed E-state index contributed by atoms with van der Waals surface area (Å²) >= 11 is 0. The van der Waals surface area contributed by atoms with E-state index in [0.717, 1.165) is 23.6 Å². The van der Waals surface area contributed by atoms with E-state index >= 15 is 0 Å². The monoisotopic (exact) mass is 671 g/mol. The molecule has 2 aromatic carbocycles. The van der Waals surface area contributed by atoms with Crippen LogP contribution < -0.4 is 0 Å². The second kappa shape index (κ2) is 14.2. The van der Waals surface area contributed by atoms with Gasteiger partial charge in [-0.05, 0) is 28.5 Å². The highest BCUT2D eigenvalue weighted by molar-refractivity contribution is 7.87. The van der Waals surface area contributed by atoms with E-state index in [-0.39, 0.29) is 26.2 Å². The van der Waals surface area contributed by atoms with Crippen LogP contribution in [-0.2, 0) is 51.8 Å². The minimum absolute atomic E-state index is 0.0166. The fraction of sp³-hybridized carbons (Fsp3) is 0.556. The third-order valence-corrected chi connectivity index (χ3v) is 10.4. The lowest BCUT2D eigenvalue weighted by molar-refractivity contribution is 0.0603. The molecule has 2 saturated heterocycles. The highest BCUT2D eigenvalue weighted by atomic mass is 32.2. The molecule has 1 N–H and O–H groups in total. The van der Waals surface area contributed by atoms with Gasteiger partial charge in [0.15, 0.2) is 0 Å². The molecule has 14 nitrogen and oxygen atoms in total. The van der Waals surface area contributed by atoms with E-state index in [1.165, 1.54) is 0 Å². The number of likely N-dealkylation sites (tertiary alicyclic amines) is 2. The fourth-order valence-corrected chi connectivity index (χ4v) is 9.10. The summed E-state index contributed by atoms with van der Waals surface area (Å²) in [6, 6.07) is 18.6. The maximum atomic E-state index is 13.2. The van der Waals surface area contributed by atoms with E-state index < -0.39 is 65.6 Å². The summed E-state index contributed by atoms with van der Waals surface area (Å²) in [5, 5.41) is 1.85. The minimum Gasteiger partial charge on any atom is -0.298 e. The first-order chi connectivity index (χ1) is 20.6. The van der Waals surface area contributed by atoms with Crippen molar-refractivity contribution < 1.29 is 38.2 Å². The quantitative estimate of drug-likeness (QED) is 0.102. The topological polar surface area (TPSA) is 196 Å². The van der Waals surface area contributed by atoms with Crippen LogP contribution in [0.1, 0.15) is 11.1 Å². The van der Waals surface area contributed by atoms with Crippen molar-refractivity contribution in [3.8, 4) is 0 Å².